The van der Waals surface area contributed by atoms with Gasteiger partial charge in [-0.25, -0.2) is 10.1 Å². The van der Waals surface area contributed by atoms with Crippen LogP contribution in [0.3, 0.4) is 0 Å². The highest BCUT2D eigenvalue weighted by Crippen LogP contribution is 2.40. The minimum absolute atomic E-state index is 0.215. The van der Waals surface area contributed by atoms with E-state index in [0.717, 1.165) is 18.6 Å². The summed E-state index contributed by atoms with van der Waals surface area (Å²) in [5, 5.41) is 9.38. The number of amides is 1. The van der Waals surface area contributed by atoms with E-state index in [1.807, 2.05) is 0 Å². The average Bonchev–Trinajstić information content (AvgIpc) is 2.92. The minimum Gasteiger partial charge on any atom is -0.267 e. The van der Waals surface area contributed by atoms with Crippen LogP contribution in [0.15, 0.2) is 46.3 Å². The van der Waals surface area contributed by atoms with Gasteiger partial charge < -0.3 is 0 Å². The van der Waals surface area contributed by atoms with Crippen molar-refractivity contribution in [3.63, 3.8) is 0 Å². The van der Waals surface area contributed by atoms with E-state index in [-0.39, 0.29) is 11.3 Å². The second-order valence-corrected chi connectivity index (χ2v) is 6.01. The molecule has 2 unspecified atom stereocenters. The molecule has 116 valence electrons. The van der Waals surface area contributed by atoms with Gasteiger partial charge in [-0.3, -0.25) is 9.59 Å². The molecule has 23 heavy (non-hydrogen) atoms. The summed E-state index contributed by atoms with van der Waals surface area (Å²) in [6.45, 7) is 0. The van der Waals surface area contributed by atoms with E-state index in [4.69, 9.17) is 0 Å². The molecule has 2 atom stereocenters. The Morgan fingerprint density at radius 1 is 1.35 bits per heavy atom. The molecule has 1 aromatic carbocycles. The normalized spacial score (nSPS) is 23.8. The fourth-order valence-electron chi connectivity index (χ4n) is 3.31. The van der Waals surface area contributed by atoms with E-state index in [1.165, 1.54) is 11.7 Å². The number of hydrogen-bond donors (Lipinski definition) is 1. The monoisotopic (exact) mass is 308 g/mol. The van der Waals surface area contributed by atoms with Gasteiger partial charge in [-0.05, 0) is 24.8 Å². The second-order valence-electron chi connectivity index (χ2n) is 6.01. The topological polar surface area (TPSA) is 76.3 Å². The van der Waals surface area contributed by atoms with Crippen LogP contribution in [-0.2, 0) is 7.05 Å². The van der Waals surface area contributed by atoms with E-state index in [1.54, 1.807) is 24.3 Å². The fourth-order valence-corrected chi connectivity index (χ4v) is 3.31. The smallest absolute Gasteiger partial charge is 0.267 e. The van der Waals surface area contributed by atoms with Crippen molar-refractivity contribution in [3.05, 3.63) is 52.5 Å². The van der Waals surface area contributed by atoms with E-state index in [9.17, 15) is 9.59 Å². The van der Waals surface area contributed by atoms with Gasteiger partial charge in [0.25, 0.3) is 11.5 Å². The predicted molar refractivity (Wildman–Crippen MR) is 87.2 cm³/mol. The largest absolute Gasteiger partial charge is 0.292 e. The van der Waals surface area contributed by atoms with Crippen LogP contribution >= 0.6 is 0 Å². The van der Waals surface area contributed by atoms with Crippen LogP contribution in [0.4, 0.5) is 0 Å². The molecule has 1 N–H and O–H groups in total. The third-order valence-corrected chi connectivity index (χ3v) is 4.64. The average molecular weight is 308 g/mol. The Bertz CT molecular complexity index is 926. The van der Waals surface area contributed by atoms with Crippen LogP contribution in [0, 0.1) is 11.8 Å². The third kappa shape index (κ3) is 2.18. The number of aromatic nitrogens is 2. The molecule has 0 aliphatic heterocycles. The predicted octanol–water partition coefficient (Wildman–Crippen LogP) is 1.62. The summed E-state index contributed by atoms with van der Waals surface area (Å²) in [5.74, 6) is 0.640. The molecule has 0 spiro atoms. The van der Waals surface area contributed by atoms with Gasteiger partial charge >= 0.3 is 0 Å². The van der Waals surface area contributed by atoms with E-state index >= 15 is 0 Å². The number of hydrogen-bond acceptors (Lipinski definition) is 4. The second kappa shape index (κ2) is 5.15. The fraction of sp³-hybridized carbons (Fsp3) is 0.294. The van der Waals surface area contributed by atoms with E-state index in [0.29, 0.717) is 22.6 Å². The zero-order valence-corrected chi connectivity index (χ0v) is 12.7. The summed E-state index contributed by atoms with van der Waals surface area (Å²) in [6, 6.07) is 6.98. The van der Waals surface area contributed by atoms with Crippen molar-refractivity contribution in [2.75, 3.05) is 0 Å². The molecule has 1 heterocycles. The number of fused-ring (bicyclic) bond motifs is 2. The molecular formula is C17H16N4O2. The van der Waals surface area contributed by atoms with Crippen molar-refractivity contribution in [2.24, 2.45) is 24.0 Å². The Balaban J connectivity index is 1.64. The maximum Gasteiger partial charge on any atom is 0.292 e. The Kier molecular flexibility index (Phi) is 3.11. The van der Waals surface area contributed by atoms with Crippen LogP contribution in [-0.4, -0.2) is 21.4 Å². The van der Waals surface area contributed by atoms with Gasteiger partial charge in [0.15, 0.2) is 5.69 Å². The van der Waals surface area contributed by atoms with Crippen molar-refractivity contribution in [2.45, 2.75) is 12.8 Å². The highest BCUT2D eigenvalue weighted by atomic mass is 16.2. The number of hydrazone groups is 1. The highest BCUT2D eigenvalue weighted by molar-refractivity contribution is 6.05. The Morgan fingerprint density at radius 3 is 2.91 bits per heavy atom. The van der Waals surface area contributed by atoms with Gasteiger partial charge in [-0.15, -0.1) is 0 Å². The molecule has 6 nitrogen and oxygen atoms in total. The first-order valence-corrected chi connectivity index (χ1v) is 7.64. The molecule has 2 aliphatic rings. The molecule has 1 amide bonds. The lowest BCUT2D eigenvalue weighted by atomic mass is 9.74. The SMILES string of the molecule is Cn1nc(C(=O)N/N=C2/CC3C=CCC23)c2ccccc2c1=O. The molecule has 2 aliphatic carbocycles. The number of allylic oxidation sites excluding steroid dienone is 2. The standard InChI is InChI=1S/C17H16N4O2/c1-21-17(23)13-7-3-2-6-12(13)15(20-21)16(22)19-18-14-9-10-5-4-8-11(10)14/h2-7,10-11H,8-9H2,1H3,(H,19,22)/b18-14-. The van der Waals surface area contributed by atoms with Gasteiger partial charge in [0.1, 0.15) is 0 Å². The van der Waals surface area contributed by atoms with Gasteiger partial charge in [-0.1, -0.05) is 30.4 Å². The summed E-state index contributed by atoms with van der Waals surface area (Å²) in [5.41, 5.74) is 3.62. The minimum atomic E-state index is -0.390. The number of carbonyl (C=O) groups excluding carboxylic acids is 1. The quantitative estimate of drug-likeness (QED) is 0.676. The van der Waals surface area contributed by atoms with E-state index in [2.05, 4.69) is 27.8 Å². The molecule has 0 bridgehead atoms. The molecule has 1 saturated carbocycles. The zero-order chi connectivity index (χ0) is 16.0. The number of nitrogens with one attached hydrogen (secondary N) is 1. The van der Waals surface area contributed by atoms with Crippen LogP contribution < -0.4 is 11.0 Å². The molecule has 1 fully saturated rings. The molecule has 4 rings (SSSR count). The Labute approximate surface area is 132 Å². The molecule has 0 saturated heterocycles. The van der Waals surface area contributed by atoms with Crippen molar-refractivity contribution in [1.82, 2.24) is 15.2 Å². The lowest BCUT2D eigenvalue weighted by Gasteiger charge is -2.31. The van der Waals surface area contributed by atoms with Crippen molar-refractivity contribution >= 4 is 22.4 Å². The van der Waals surface area contributed by atoms with Gasteiger partial charge in [0.2, 0.25) is 0 Å². The number of carbonyl (C=O) groups is 1. The summed E-state index contributed by atoms with van der Waals surface area (Å²) < 4.78 is 1.19. The number of aryl methyl sites for hydroxylation is 1. The summed E-state index contributed by atoms with van der Waals surface area (Å²) in [6.07, 6.45) is 6.29. The summed E-state index contributed by atoms with van der Waals surface area (Å²) in [7, 11) is 1.54. The maximum atomic E-state index is 12.4. The molecule has 2 aromatic rings. The zero-order valence-electron chi connectivity index (χ0n) is 12.7. The lowest BCUT2D eigenvalue weighted by molar-refractivity contribution is 0.0948. The molecule has 0 radical (unpaired) electrons. The van der Waals surface area contributed by atoms with Crippen LogP contribution in [0.2, 0.25) is 0 Å². The third-order valence-electron chi connectivity index (χ3n) is 4.64. The number of nitrogens with zero attached hydrogens (tertiary/aromatic N) is 3. The van der Waals surface area contributed by atoms with Crippen molar-refractivity contribution in [3.8, 4) is 0 Å². The van der Waals surface area contributed by atoms with Gasteiger partial charge in [0.05, 0.1) is 5.39 Å². The number of benzene rings is 1. The molecular weight excluding hydrogens is 292 g/mol. The molecule has 1 aromatic heterocycles. The van der Waals surface area contributed by atoms with Crippen LogP contribution in [0.5, 0.6) is 0 Å². The maximum absolute atomic E-state index is 12.4. The summed E-state index contributed by atoms with van der Waals surface area (Å²) in [4.78, 5) is 24.5. The summed E-state index contributed by atoms with van der Waals surface area (Å²) >= 11 is 0. The van der Waals surface area contributed by atoms with Crippen LogP contribution in [0.25, 0.3) is 10.8 Å². The number of rotatable bonds is 2. The Morgan fingerprint density at radius 2 is 2.13 bits per heavy atom. The van der Waals surface area contributed by atoms with E-state index < -0.39 is 5.91 Å². The highest BCUT2D eigenvalue weighted by Gasteiger charge is 2.38. The van der Waals surface area contributed by atoms with Gasteiger partial charge in [-0.2, -0.15) is 10.2 Å². The van der Waals surface area contributed by atoms with Crippen molar-refractivity contribution < 1.29 is 4.79 Å². The first-order valence-electron chi connectivity index (χ1n) is 7.64. The first kappa shape index (κ1) is 13.9. The van der Waals surface area contributed by atoms with Crippen molar-refractivity contribution in [1.29, 1.82) is 0 Å². The van der Waals surface area contributed by atoms with Gasteiger partial charge in [0, 0.05) is 24.1 Å². The van der Waals surface area contributed by atoms with Crippen LogP contribution in [0.1, 0.15) is 23.3 Å². The first-order chi connectivity index (χ1) is 11.1. The lowest BCUT2D eigenvalue weighted by Crippen LogP contribution is -2.36. The Hall–Kier alpha value is -2.76. The molecule has 6 heteroatoms.